The van der Waals surface area contributed by atoms with Crippen molar-refractivity contribution in [2.45, 2.75) is 20.0 Å². The van der Waals surface area contributed by atoms with Gasteiger partial charge in [0, 0.05) is 30.1 Å². The van der Waals surface area contributed by atoms with Crippen molar-refractivity contribution >= 4 is 17.5 Å². The first kappa shape index (κ1) is 17.7. The molecule has 0 aliphatic carbocycles. The Hall–Kier alpha value is -3.10. The lowest BCUT2D eigenvalue weighted by Crippen LogP contribution is -2.05. The molecular formula is C17H17F3N6. The molecule has 0 fully saturated rings. The Morgan fingerprint density at radius 3 is 2.27 bits per heavy atom. The van der Waals surface area contributed by atoms with Crippen LogP contribution in [-0.2, 0) is 13.2 Å². The standard InChI is InChI=1S/C17H17F3N6/c1-9-15(10(2)26(3)25-9)13-8-14(21)24-16(23-13)22-12-6-4-11(5-7-12)17(18,19)20/h4-8H,1-3H3,(H3,21,22,23,24). The summed E-state index contributed by atoms with van der Waals surface area (Å²) in [5, 5.41) is 7.23. The van der Waals surface area contributed by atoms with E-state index in [0.717, 1.165) is 29.1 Å². The van der Waals surface area contributed by atoms with Crippen molar-refractivity contribution in [1.82, 2.24) is 19.7 Å². The molecule has 6 nitrogen and oxygen atoms in total. The molecule has 3 rings (SSSR count). The van der Waals surface area contributed by atoms with Crippen LogP contribution in [0.25, 0.3) is 11.3 Å². The van der Waals surface area contributed by atoms with Gasteiger partial charge in [0.2, 0.25) is 5.95 Å². The van der Waals surface area contributed by atoms with Crippen LogP contribution in [0.4, 0.5) is 30.6 Å². The average molecular weight is 362 g/mol. The topological polar surface area (TPSA) is 81.7 Å². The molecule has 9 heteroatoms. The fourth-order valence-electron chi connectivity index (χ4n) is 2.67. The molecule has 0 saturated heterocycles. The maximum absolute atomic E-state index is 12.6. The van der Waals surface area contributed by atoms with E-state index < -0.39 is 11.7 Å². The van der Waals surface area contributed by atoms with E-state index in [1.807, 2.05) is 20.9 Å². The van der Waals surface area contributed by atoms with Crippen LogP contribution in [0.3, 0.4) is 0 Å². The number of benzene rings is 1. The number of aryl methyl sites for hydroxylation is 2. The summed E-state index contributed by atoms with van der Waals surface area (Å²) in [7, 11) is 1.83. The zero-order valence-electron chi connectivity index (χ0n) is 14.4. The Morgan fingerprint density at radius 1 is 1.08 bits per heavy atom. The minimum Gasteiger partial charge on any atom is -0.384 e. The van der Waals surface area contributed by atoms with E-state index in [1.54, 1.807) is 10.7 Å². The third-order valence-electron chi connectivity index (χ3n) is 3.98. The largest absolute Gasteiger partial charge is 0.416 e. The van der Waals surface area contributed by atoms with Gasteiger partial charge in [-0.05, 0) is 38.1 Å². The molecule has 0 bridgehead atoms. The smallest absolute Gasteiger partial charge is 0.384 e. The zero-order valence-corrected chi connectivity index (χ0v) is 14.4. The quantitative estimate of drug-likeness (QED) is 0.740. The van der Waals surface area contributed by atoms with Crippen LogP contribution >= 0.6 is 0 Å². The highest BCUT2D eigenvalue weighted by Crippen LogP contribution is 2.31. The summed E-state index contributed by atoms with van der Waals surface area (Å²) < 4.78 is 39.7. The second-order valence-corrected chi connectivity index (χ2v) is 5.87. The van der Waals surface area contributed by atoms with E-state index in [9.17, 15) is 13.2 Å². The van der Waals surface area contributed by atoms with Crippen LogP contribution in [-0.4, -0.2) is 19.7 Å². The zero-order chi connectivity index (χ0) is 19.1. The predicted molar refractivity (Wildman–Crippen MR) is 92.8 cm³/mol. The Kier molecular flexibility index (Phi) is 4.31. The maximum atomic E-state index is 12.6. The number of hydrogen-bond donors (Lipinski definition) is 2. The SMILES string of the molecule is Cc1nn(C)c(C)c1-c1cc(N)nc(Nc2ccc(C(F)(F)F)cc2)n1. The van der Waals surface area contributed by atoms with Crippen molar-refractivity contribution in [1.29, 1.82) is 0 Å². The molecule has 2 heterocycles. The van der Waals surface area contributed by atoms with Gasteiger partial charge in [-0.2, -0.15) is 23.3 Å². The molecule has 0 spiro atoms. The van der Waals surface area contributed by atoms with E-state index in [-0.39, 0.29) is 11.8 Å². The number of nitrogens with zero attached hydrogens (tertiary/aromatic N) is 4. The number of alkyl halides is 3. The summed E-state index contributed by atoms with van der Waals surface area (Å²) in [6, 6.07) is 6.25. The molecule has 26 heavy (non-hydrogen) atoms. The molecule has 0 unspecified atom stereocenters. The van der Waals surface area contributed by atoms with Crippen LogP contribution in [0.15, 0.2) is 30.3 Å². The number of aromatic nitrogens is 4. The number of nitrogens with two attached hydrogens (primary N) is 1. The molecule has 0 radical (unpaired) electrons. The lowest BCUT2D eigenvalue weighted by atomic mass is 10.1. The Balaban J connectivity index is 1.93. The van der Waals surface area contributed by atoms with Crippen LogP contribution in [0.1, 0.15) is 17.0 Å². The molecule has 0 aliphatic rings. The van der Waals surface area contributed by atoms with Gasteiger partial charge >= 0.3 is 6.18 Å². The van der Waals surface area contributed by atoms with Crippen molar-refractivity contribution in [2.75, 3.05) is 11.1 Å². The summed E-state index contributed by atoms with van der Waals surface area (Å²) in [6.45, 7) is 3.78. The van der Waals surface area contributed by atoms with Gasteiger partial charge in [0.25, 0.3) is 0 Å². The highest BCUT2D eigenvalue weighted by molar-refractivity contribution is 5.69. The van der Waals surface area contributed by atoms with E-state index >= 15 is 0 Å². The number of nitrogens with one attached hydrogen (secondary N) is 1. The molecule has 3 aromatic rings. The first-order chi connectivity index (χ1) is 12.1. The van der Waals surface area contributed by atoms with Crippen LogP contribution in [0.5, 0.6) is 0 Å². The van der Waals surface area contributed by atoms with Gasteiger partial charge in [0.05, 0.1) is 17.0 Å². The highest BCUT2D eigenvalue weighted by Gasteiger charge is 2.30. The third kappa shape index (κ3) is 3.46. The van der Waals surface area contributed by atoms with Gasteiger partial charge in [-0.15, -0.1) is 0 Å². The first-order valence-electron chi connectivity index (χ1n) is 7.74. The maximum Gasteiger partial charge on any atom is 0.416 e. The minimum absolute atomic E-state index is 0.197. The average Bonchev–Trinajstić information content (AvgIpc) is 2.79. The van der Waals surface area contributed by atoms with Crippen molar-refractivity contribution in [3.8, 4) is 11.3 Å². The highest BCUT2D eigenvalue weighted by atomic mass is 19.4. The monoisotopic (exact) mass is 362 g/mol. The molecule has 3 N–H and O–H groups in total. The second-order valence-electron chi connectivity index (χ2n) is 5.87. The number of nitrogen functional groups attached to an aromatic ring is 1. The predicted octanol–water partition coefficient (Wildman–Crippen LogP) is 3.84. The number of rotatable bonds is 3. The van der Waals surface area contributed by atoms with E-state index in [4.69, 9.17) is 5.73 Å². The fraction of sp³-hybridized carbons (Fsp3) is 0.235. The molecule has 2 aromatic heterocycles. The molecule has 0 aliphatic heterocycles. The van der Waals surface area contributed by atoms with Gasteiger partial charge in [0.1, 0.15) is 5.82 Å². The molecule has 0 atom stereocenters. The van der Waals surface area contributed by atoms with E-state index in [2.05, 4.69) is 20.4 Å². The molecule has 0 saturated carbocycles. The number of hydrogen-bond acceptors (Lipinski definition) is 5. The second kappa shape index (κ2) is 6.32. The molecular weight excluding hydrogens is 345 g/mol. The van der Waals surface area contributed by atoms with Crippen LogP contribution in [0.2, 0.25) is 0 Å². The van der Waals surface area contributed by atoms with E-state index in [1.165, 1.54) is 12.1 Å². The Bertz CT molecular complexity index is 944. The first-order valence-corrected chi connectivity index (χ1v) is 7.74. The van der Waals surface area contributed by atoms with Gasteiger partial charge < -0.3 is 11.1 Å². The van der Waals surface area contributed by atoms with E-state index in [0.29, 0.717) is 11.4 Å². The fourth-order valence-corrected chi connectivity index (χ4v) is 2.67. The van der Waals surface area contributed by atoms with Gasteiger partial charge in [-0.3, -0.25) is 4.68 Å². The molecule has 136 valence electrons. The van der Waals surface area contributed by atoms with Crippen molar-refractivity contribution < 1.29 is 13.2 Å². The lowest BCUT2D eigenvalue weighted by molar-refractivity contribution is -0.137. The third-order valence-corrected chi connectivity index (χ3v) is 3.98. The minimum atomic E-state index is -4.38. The molecule has 0 amide bonds. The molecule has 1 aromatic carbocycles. The Labute approximate surface area is 147 Å². The summed E-state index contributed by atoms with van der Waals surface area (Å²) >= 11 is 0. The lowest BCUT2D eigenvalue weighted by Gasteiger charge is -2.10. The summed E-state index contributed by atoms with van der Waals surface area (Å²) in [4.78, 5) is 8.53. The van der Waals surface area contributed by atoms with Crippen molar-refractivity contribution in [3.63, 3.8) is 0 Å². The number of anilines is 3. The summed E-state index contributed by atoms with van der Waals surface area (Å²) in [6.07, 6.45) is -4.38. The van der Waals surface area contributed by atoms with Crippen molar-refractivity contribution in [2.24, 2.45) is 7.05 Å². The summed E-state index contributed by atoms with van der Waals surface area (Å²) in [5.41, 5.74) is 8.72. The normalized spacial score (nSPS) is 11.6. The van der Waals surface area contributed by atoms with Crippen LogP contribution < -0.4 is 11.1 Å². The Morgan fingerprint density at radius 2 is 1.73 bits per heavy atom. The van der Waals surface area contributed by atoms with Gasteiger partial charge in [0.15, 0.2) is 0 Å². The van der Waals surface area contributed by atoms with Crippen molar-refractivity contribution in [3.05, 3.63) is 47.3 Å². The van der Waals surface area contributed by atoms with Gasteiger partial charge in [-0.25, -0.2) is 4.98 Å². The summed E-state index contributed by atoms with van der Waals surface area (Å²) in [5.74, 6) is 0.439. The van der Waals surface area contributed by atoms with Crippen LogP contribution in [0, 0.1) is 13.8 Å². The number of halogens is 3. The van der Waals surface area contributed by atoms with Gasteiger partial charge in [-0.1, -0.05) is 0 Å².